The van der Waals surface area contributed by atoms with Crippen LogP contribution in [0.25, 0.3) is 6.08 Å². The number of nitriles is 1. The molecule has 5 heteroatoms. The van der Waals surface area contributed by atoms with Gasteiger partial charge in [0.15, 0.2) is 0 Å². The number of nitrogens with zero attached hydrogens (tertiary/aromatic N) is 2. The Morgan fingerprint density at radius 1 is 1.30 bits per heavy atom. The molecular weight excluding hydrogens is 374 g/mol. The van der Waals surface area contributed by atoms with Gasteiger partial charge in [0.1, 0.15) is 17.4 Å². The average molecular weight is 404 g/mol. The van der Waals surface area contributed by atoms with Crippen LogP contribution in [0.3, 0.4) is 0 Å². The minimum Gasteiger partial charge on any atom is -0.497 e. The van der Waals surface area contributed by atoms with Gasteiger partial charge in [-0.25, -0.2) is 0 Å². The first-order valence-electron chi connectivity index (χ1n) is 10.1. The molecule has 0 saturated carbocycles. The fourth-order valence-electron chi connectivity index (χ4n) is 4.07. The number of benzene rings is 2. The highest BCUT2D eigenvalue weighted by Crippen LogP contribution is 2.43. The molecule has 30 heavy (non-hydrogen) atoms. The number of hydrogen-bond acceptors (Lipinski definition) is 4. The number of methoxy groups -OCH3 is 1. The molecule has 1 amide bonds. The van der Waals surface area contributed by atoms with Crippen LogP contribution in [-0.2, 0) is 4.79 Å². The predicted octanol–water partition coefficient (Wildman–Crippen LogP) is 5.27. The van der Waals surface area contributed by atoms with Gasteiger partial charge in [0, 0.05) is 24.0 Å². The van der Waals surface area contributed by atoms with Crippen molar-refractivity contribution in [1.29, 1.82) is 5.26 Å². The van der Waals surface area contributed by atoms with Crippen molar-refractivity contribution in [1.82, 2.24) is 0 Å². The normalized spacial score (nSPS) is 17.7. The number of nitrogens with one attached hydrogen (secondary N) is 1. The molecule has 0 spiro atoms. The quantitative estimate of drug-likeness (QED) is 0.558. The lowest BCUT2D eigenvalue weighted by Gasteiger charge is -2.45. The average Bonchev–Trinajstić information content (AvgIpc) is 2.71. The van der Waals surface area contributed by atoms with E-state index in [0.717, 1.165) is 17.5 Å². The number of fused-ring (bicyclic) bond motifs is 1. The van der Waals surface area contributed by atoms with Crippen LogP contribution in [0.4, 0.5) is 11.4 Å². The number of aryl methyl sites for hydroxylation is 1. The molecule has 5 nitrogen and oxygen atoms in total. The summed E-state index contributed by atoms with van der Waals surface area (Å²) >= 11 is 0. The molecule has 156 valence electrons. The van der Waals surface area contributed by atoms with E-state index in [1.165, 1.54) is 11.3 Å². The van der Waals surface area contributed by atoms with Crippen molar-refractivity contribution in [3.05, 3.63) is 58.7 Å². The van der Waals surface area contributed by atoms with Gasteiger partial charge in [0.2, 0.25) is 0 Å². The summed E-state index contributed by atoms with van der Waals surface area (Å²) in [6, 6.07) is 13.3. The second kappa shape index (κ2) is 8.23. The van der Waals surface area contributed by atoms with Gasteiger partial charge >= 0.3 is 0 Å². The number of anilines is 2. The van der Waals surface area contributed by atoms with E-state index in [1.807, 2.05) is 13.0 Å². The Kier molecular flexibility index (Phi) is 5.89. The van der Waals surface area contributed by atoms with Crippen molar-refractivity contribution >= 4 is 23.4 Å². The number of hydrogen-bond donors (Lipinski definition) is 1. The molecule has 1 unspecified atom stereocenters. The summed E-state index contributed by atoms with van der Waals surface area (Å²) in [5.41, 5.74) is 5.18. The summed E-state index contributed by atoms with van der Waals surface area (Å²) in [6.45, 7) is 8.76. The maximum atomic E-state index is 12.7. The molecule has 0 bridgehead atoms. The van der Waals surface area contributed by atoms with Crippen LogP contribution in [0.1, 0.15) is 49.8 Å². The van der Waals surface area contributed by atoms with E-state index in [4.69, 9.17) is 4.74 Å². The molecule has 0 aromatic heterocycles. The smallest absolute Gasteiger partial charge is 0.266 e. The van der Waals surface area contributed by atoms with E-state index in [-0.39, 0.29) is 11.1 Å². The molecule has 1 atom stereocenters. The summed E-state index contributed by atoms with van der Waals surface area (Å²) in [5, 5.41) is 12.4. The number of ether oxygens (including phenoxy) is 1. The lowest BCUT2D eigenvalue weighted by molar-refractivity contribution is -0.112. The molecule has 0 radical (unpaired) electrons. The minimum absolute atomic E-state index is 0.0750. The first-order chi connectivity index (χ1) is 14.2. The van der Waals surface area contributed by atoms with E-state index >= 15 is 0 Å². The van der Waals surface area contributed by atoms with E-state index in [0.29, 0.717) is 17.4 Å². The monoisotopic (exact) mass is 403 g/mol. The first kappa shape index (κ1) is 21.4. The van der Waals surface area contributed by atoms with Gasteiger partial charge in [0.25, 0.3) is 5.91 Å². The first-order valence-corrected chi connectivity index (χ1v) is 10.1. The Bertz CT molecular complexity index is 1030. The zero-order valence-corrected chi connectivity index (χ0v) is 18.5. The lowest BCUT2D eigenvalue weighted by Crippen LogP contribution is -2.45. The van der Waals surface area contributed by atoms with Gasteiger partial charge in [-0.1, -0.05) is 6.92 Å². The topological polar surface area (TPSA) is 65.4 Å². The van der Waals surface area contributed by atoms with Gasteiger partial charge in [-0.2, -0.15) is 5.26 Å². The molecule has 0 fully saturated rings. The maximum Gasteiger partial charge on any atom is 0.266 e. The van der Waals surface area contributed by atoms with Crippen molar-refractivity contribution in [2.45, 2.75) is 45.6 Å². The van der Waals surface area contributed by atoms with E-state index in [9.17, 15) is 10.1 Å². The van der Waals surface area contributed by atoms with Gasteiger partial charge in [-0.15, -0.1) is 0 Å². The zero-order valence-electron chi connectivity index (χ0n) is 18.5. The van der Waals surface area contributed by atoms with Crippen molar-refractivity contribution in [3.63, 3.8) is 0 Å². The molecule has 1 heterocycles. The Labute approximate surface area is 179 Å². The highest BCUT2D eigenvalue weighted by molar-refractivity contribution is 6.09. The molecule has 0 aliphatic carbocycles. The van der Waals surface area contributed by atoms with Crippen LogP contribution in [0.5, 0.6) is 5.75 Å². The van der Waals surface area contributed by atoms with Gasteiger partial charge in [0.05, 0.1) is 7.11 Å². The summed E-state index contributed by atoms with van der Waals surface area (Å²) < 4.78 is 5.13. The number of amides is 1. The van der Waals surface area contributed by atoms with Crippen molar-refractivity contribution in [2.75, 3.05) is 24.4 Å². The van der Waals surface area contributed by atoms with Crippen LogP contribution in [-0.4, -0.2) is 25.6 Å². The van der Waals surface area contributed by atoms with E-state index in [2.05, 4.69) is 50.2 Å². The van der Waals surface area contributed by atoms with Gasteiger partial charge in [-0.05, 0) is 92.3 Å². The lowest BCUT2D eigenvalue weighted by atomic mass is 9.79. The minimum atomic E-state index is -0.425. The highest BCUT2D eigenvalue weighted by atomic mass is 16.5. The van der Waals surface area contributed by atoms with Crippen LogP contribution in [0, 0.1) is 18.3 Å². The van der Waals surface area contributed by atoms with Crippen LogP contribution >= 0.6 is 0 Å². The molecule has 3 rings (SSSR count). The molecule has 1 aliphatic rings. The third kappa shape index (κ3) is 4.18. The van der Waals surface area contributed by atoms with Crippen molar-refractivity contribution in [3.8, 4) is 11.8 Å². The van der Waals surface area contributed by atoms with Crippen LogP contribution in [0.2, 0.25) is 0 Å². The Morgan fingerprint density at radius 3 is 2.57 bits per heavy atom. The molecule has 2 aromatic rings. The summed E-state index contributed by atoms with van der Waals surface area (Å²) in [5.74, 6) is 0.680. The van der Waals surface area contributed by atoms with Crippen LogP contribution in [0.15, 0.2) is 42.0 Å². The largest absolute Gasteiger partial charge is 0.497 e. The SMILES string of the molecule is COc1ccc(NC(=O)/C(C#N)=C/c2cc3c(cc2C)N(C)C(C)(C)CC3C)cc1. The Morgan fingerprint density at radius 2 is 1.97 bits per heavy atom. The van der Waals surface area contributed by atoms with Crippen LogP contribution < -0.4 is 15.0 Å². The number of carbonyl (C=O) groups excluding carboxylic acids is 1. The van der Waals surface area contributed by atoms with Crippen molar-refractivity contribution in [2.24, 2.45) is 0 Å². The second-order valence-electron chi connectivity index (χ2n) is 8.60. The van der Waals surface area contributed by atoms with E-state index < -0.39 is 5.91 Å². The third-order valence-corrected chi connectivity index (χ3v) is 6.03. The molecular formula is C25H29N3O2. The molecule has 1 N–H and O–H groups in total. The zero-order chi connectivity index (χ0) is 22.1. The summed E-state index contributed by atoms with van der Waals surface area (Å²) in [7, 11) is 3.72. The van der Waals surface area contributed by atoms with Gasteiger partial charge < -0.3 is 15.0 Å². The summed E-state index contributed by atoms with van der Waals surface area (Å²) in [6.07, 6.45) is 2.73. The fraction of sp³-hybridized carbons (Fsp3) is 0.360. The summed E-state index contributed by atoms with van der Waals surface area (Å²) in [4.78, 5) is 15.0. The molecule has 0 saturated heterocycles. The van der Waals surface area contributed by atoms with Gasteiger partial charge in [-0.3, -0.25) is 4.79 Å². The third-order valence-electron chi connectivity index (χ3n) is 6.03. The molecule has 1 aliphatic heterocycles. The fourth-order valence-corrected chi connectivity index (χ4v) is 4.07. The number of rotatable bonds is 4. The predicted molar refractivity (Wildman–Crippen MR) is 122 cm³/mol. The standard InChI is InChI=1S/C25H29N3O2/c1-16-11-23-22(17(2)14-25(3,4)28(23)5)13-18(16)12-19(15-26)24(29)27-20-7-9-21(30-6)10-8-20/h7-13,17H,14H2,1-6H3,(H,27,29)/b19-12+. The molecule has 2 aromatic carbocycles. The van der Waals surface area contributed by atoms with E-state index in [1.54, 1.807) is 37.5 Å². The highest BCUT2D eigenvalue weighted by Gasteiger charge is 2.34. The second-order valence-corrected chi connectivity index (χ2v) is 8.60. The Hall–Kier alpha value is -3.26. The maximum absolute atomic E-state index is 12.7. The number of carbonyl (C=O) groups is 1. The Balaban J connectivity index is 1.91. The van der Waals surface area contributed by atoms with Crippen molar-refractivity contribution < 1.29 is 9.53 Å².